The number of ether oxygens (including phenoxy) is 1. The Morgan fingerprint density at radius 2 is 1.64 bits per heavy atom. The van der Waals surface area contributed by atoms with Gasteiger partial charge in [-0.2, -0.15) is 0 Å². The monoisotopic (exact) mass is 388 g/mol. The molecule has 2 amide bonds. The van der Waals surface area contributed by atoms with Crippen LogP contribution in [0.15, 0.2) is 48.5 Å². The molecule has 0 bridgehead atoms. The molecule has 0 heterocycles. The first-order valence-corrected chi connectivity index (χ1v) is 9.74. The molecule has 0 spiro atoms. The predicted octanol–water partition coefficient (Wildman–Crippen LogP) is 4.33. The van der Waals surface area contributed by atoms with Crippen LogP contribution in [0.3, 0.4) is 0 Å². The lowest BCUT2D eigenvalue weighted by Crippen LogP contribution is -2.44. The van der Waals surface area contributed by atoms with Gasteiger partial charge >= 0.3 is 6.03 Å². The van der Waals surface area contributed by atoms with E-state index < -0.39 is 11.6 Å². The number of hydrogen-bond donors (Lipinski definition) is 2. The third-order valence-corrected chi connectivity index (χ3v) is 5.08. The van der Waals surface area contributed by atoms with Crippen LogP contribution in [0.5, 0.6) is 0 Å². The molecule has 6 heteroatoms. The van der Waals surface area contributed by atoms with E-state index in [4.69, 9.17) is 4.74 Å². The first-order valence-electron chi connectivity index (χ1n) is 9.74. The Balaban J connectivity index is 1.33. The molecular weight excluding hydrogens is 362 g/mol. The molecular formula is C22H26F2N2O2. The Morgan fingerprint density at radius 3 is 2.32 bits per heavy atom. The van der Waals surface area contributed by atoms with Crippen molar-refractivity contribution in [1.82, 2.24) is 10.6 Å². The molecule has 4 nitrogen and oxygen atoms in total. The molecule has 0 aromatic heterocycles. The molecule has 0 unspecified atom stereocenters. The lowest BCUT2D eigenvalue weighted by Gasteiger charge is -2.29. The number of rotatable bonds is 7. The van der Waals surface area contributed by atoms with Crippen molar-refractivity contribution < 1.29 is 18.3 Å². The molecule has 0 aliphatic heterocycles. The van der Waals surface area contributed by atoms with Crippen LogP contribution in [0.1, 0.15) is 36.8 Å². The Morgan fingerprint density at radius 1 is 0.964 bits per heavy atom. The topological polar surface area (TPSA) is 50.4 Å². The summed E-state index contributed by atoms with van der Waals surface area (Å²) in [5.41, 5.74) is 1.16. The van der Waals surface area contributed by atoms with E-state index in [-0.39, 0.29) is 30.3 Å². The highest BCUT2D eigenvalue weighted by Crippen LogP contribution is 2.23. The van der Waals surface area contributed by atoms with Crippen molar-refractivity contribution in [2.45, 2.75) is 50.9 Å². The summed E-state index contributed by atoms with van der Waals surface area (Å²) in [4.78, 5) is 12.0. The maximum atomic E-state index is 13.6. The summed E-state index contributed by atoms with van der Waals surface area (Å²) in [6, 6.07) is 13.8. The predicted molar refractivity (Wildman–Crippen MR) is 104 cm³/mol. The molecule has 1 saturated carbocycles. The van der Waals surface area contributed by atoms with E-state index in [0.717, 1.165) is 32.1 Å². The average Bonchev–Trinajstić information content (AvgIpc) is 2.70. The van der Waals surface area contributed by atoms with Crippen LogP contribution in [0.2, 0.25) is 0 Å². The molecule has 0 radical (unpaired) electrons. The maximum absolute atomic E-state index is 13.6. The van der Waals surface area contributed by atoms with Crippen LogP contribution in [0.4, 0.5) is 13.6 Å². The number of hydrogen-bond acceptors (Lipinski definition) is 2. The number of amides is 2. The third-order valence-electron chi connectivity index (χ3n) is 5.08. The van der Waals surface area contributed by atoms with E-state index in [1.165, 1.54) is 23.8 Å². The van der Waals surface area contributed by atoms with Gasteiger partial charge in [0.05, 0.1) is 12.7 Å². The molecule has 2 N–H and O–H groups in total. The van der Waals surface area contributed by atoms with Crippen molar-refractivity contribution in [2.24, 2.45) is 0 Å². The summed E-state index contributed by atoms with van der Waals surface area (Å²) < 4.78 is 33.0. The summed E-state index contributed by atoms with van der Waals surface area (Å²) in [6.45, 7) is 0.518. The molecule has 1 aliphatic rings. The molecule has 2 aromatic carbocycles. The van der Waals surface area contributed by atoms with Crippen molar-refractivity contribution >= 4 is 6.03 Å². The Bertz CT molecular complexity index is 742. The van der Waals surface area contributed by atoms with E-state index in [9.17, 15) is 13.6 Å². The Kier molecular flexibility index (Phi) is 7.37. The second-order valence-electron chi connectivity index (χ2n) is 7.12. The fourth-order valence-corrected chi connectivity index (χ4v) is 3.45. The van der Waals surface area contributed by atoms with Gasteiger partial charge in [0.25, 0.3) is 0 Å². The van der Waals surface area contributed by atoms with Gasteiger partial charge in [-0.05, 0) is 49.8 Å². The summed E-state index contributed by atoms with van der Waals surface area (Å²) >= 11 is 0. The van der Waals surface area contributed by atoms with Gasteiger partial charge in [-0.3, -0.25) is 0 Å². The van der Waals surface area contributed by atoms with Gasteiger partial charge in [0, 0.05) is 18.2 Å². The number of carbonyl (C=O) groups is 1. The smallest absolute Gasteiger partial charge is 0.315 e. The minimum absolute atomic E-state index is 0.0273. The van der Waals surface area contributed by atoms with Crippen molar-refractivity contribution in [1.29, 1.82) is 0 Å². The van der Waals surface area contributed by atoms with Crippen molar-refractivity contribution in [3.8, 4) is 0 Å². The van der Waals surface area contributed by atoms with Crippen molar-refractivity contribution in [2.75, 3.05) is 6.54 Å². The molecule has 150 valence electrons. The highest BCUT2D eigenvalue weighted by atomic mass is 19.1. The molecule has 3 rings (SSSR count). The van der Waals surface area contributed by atoms with E-state index in [2.05, 4.69) is 10.6 Å². The van der Waals surface area contributed by atoms with Crippen LogP contribution in [0, 0.1) is 11.6 Å². The van der Waals surface area contributed by atoms with Gasteiger partial charge in [0.1, 0.15) is 11.6 Å². The number of nitrogens with one attached hydrogen (secondary N) is 2. The van der Waals surface area contributed by atoms with E-state index >= 15 is 0 Å². The lowest BCUT2D eigenvalue weighted by molar-refractivity contribution is 0.00953. The largest absolute Gasteiger partial charge is 0.373 e. The van der Waals surface area contributed by atoms with Gasteiger partial charge in [0.2, 0.25) is 0 Å². The lowest BCUT2D eigenvalue weighted by atomic mass is 9.93. The first-order chi connectivity index (χ1) is 13.6. The van der Waals surface area contributed by atoms with Gasteiger partial charge in [-0.25, -0.2) is 13.6 Å². The number of halogens is 2. The summed E-state index contributed by atoms with van der Waals surface area (Å²) in [6.07, 6.45) is 3.84. The molecule has 0 atom stereocenters. The number of carbonyl (C=O) groups excluding carboxylic acids is 1. The molecule has 0 saturated heterocycles. The number of urea groups is 1. The fraction of sp³-hybridized carbons (Fsp3) is 0.409. The maximum Gasteiger partial charge on any atom is 0.315 e. The zero-order valence-corrected chi connectivity index (χ0v) is 15.8. The minimum atomic E-state index is -0.581. The Labute approximate surface area is 164 Å². The molecule has 28 heavy (non-hydrogen) atoms. The van der Waals surface area contributed by atoms with E-state index in [1.54, 1.807) is 0 Å². The van der Waals surface area contributed by atoms with Gasteiger partial charge in [-0.15, -0.1) is 0 Å². The average molecular weight is 388 g/mol. The Hall–Kier alpha value is -2.47. The summed E-state index contributed by atoms with van der Waals surface area (Å²) in [5.74, 6) is -1.16. The van der Waals surface area contributed by atoms with E-state index in [0.29, 0.717) is 6.54 Å². The third kappa shape index (κ3) is 6.02. The fourth-order valence-electron chi connectivity index (χ4n) is 3.45. The second kappa shape index (κ2) is 10.2. The zero-order valence-electron chi connectivity index (χ0n) is 15.8. The van der Waals surface area contributed by atoms with Crippen molar-refractivity contribution in [3.05, 3.63) is 71.3 Å². The van der Waals surface area contributed by atoms with Crippen LogP contribution in [-0.2, 0) is 17.8 Å². The highest BCUT2D eigenvalue weighted by molar-refractivity contribution is 5.74. The first kappa shape index (κ1) is 20.3. The van der Waals surface area contributed by atoms with Gasteiger partial charge < -0.3 is 15.4 Å². The molecule has 1 aliphatic carbocycles. The van der Waals surface area contributed by atoms with Gasteiger partial charge in [-0.1, -0.05) is 36.4 Å². The van der Waals surface area contributed by atoms with Crippen LogP contribution in [0.25, 0.3) is 0 Å². The van der Waals surface area contributed by atoms with Crippen LogP contribution in [-0.4, -0.2) is 24.7 Å². The summed E-state index contributed by atoms with van der Waals surface area (Å²) in [5, 5.41) is 5.88. The number of benzene rings is 2. The van der Waals surface area contributed by atoms with Crippen molar-refractivity contribution in [3.63, 3.8) is 0 Å². The minimum Gasteiger partial charge on any atom is -0.373 e. The van der Waals surface area contributed by atoms with Crippen LogP contribution < -0.4 is 10.6 Å². The summed E-state index contributed by atoms with van der Waals surface area (Å²) in [7, 11) is 0. The van der Waals surface area contributed by atoms with E-state index in [1.807, 2.05) is 30.3 Å². The standard InChI is InChI=1S/C22H26F2N2O2/c23-20-7-4-8-21(24)19(20)15-28-18-11-9-17(10-12-18)26-22(27)25-14-13-16-5-2-1-3-6-16/h1-8,17-18H,9-15H2,(H2,25,26,27)/t17-,18-. The molecule has 1 fully saturated rings. The second-order valence-corrected chi connectivity index (χ2v) is 7.12. The highest BCUT2D eigenvalue weighted by Gasteiger charge is 2.23. The molecule has 2 aromatic rings. The zero-order chi connectivity index (χ0) is 19.8. The van der Waals surface area contributed by atoms with Crippen LogP contribution >= 0.6 is 0 Å². The van der Waals surface area contributed by atoms with Gasteiger partial charge in [0.15, 0.2) is 0 Å². The quantitative estimate of drug-likeness (QED) is 0.742. The normalized spacial score (nSPS) is 19.2. The SMILES string of the molecule is O=C(NCCc1ccccc1)N[C@H]1CC[C@H](OCc2c(F)cccc2F)CC1.